The van der Waals surface area contributed by atoms with Crippen molar-refractivity contribution in [1.82, 2.24) is 19.6 Å². The van der Waals surface area contributed by atoms with Crippen molar-refractivity contribution < 1.29 is 38.4 Å². The molecule has 4 saturated carbocycles. The molecule has 8 aliphatic rings. The average molecular weight is 691 g/mol. The van der Waals surface area contributed by atoms with Gasteiger partial charge in [0.15, 0.2) is 0 Å². The van der Waals surface area contributed by atoms with Crippen LogP contribution in [-0.2, 0) is 38.4 Å². The topological polar surface area (TPSA) is 150 Å². The number of hydrogen-bond donors (Lipinski definition) is 0. The minimum absolute atomic E-state index is 0.0321. The van der Waals surface area contributed by atoms with Gasteiger partial charge in [0.05, 0.1) is 47.3 Å². The third-order valence-corrected chi connectivity index (χ3v) is 14.5. The van der Waals surface area contributed by atoms with E-state index in [2.05, 4.69) is 6.92 Å². The molecule has 8 atom stereocenters. The highest BCUT2D eigenvalue weighted by atomic mass is 16.2. The highest BCUT2D eigenvalue weighted by Gasteiger charge is 2.57. The van der Waals surface area contributed by atoms with Gasteiger partial charge in [-0.25, -0.2) is 0 Å². The molecule has 0 aromatic heterocycles. The van der Waals surface area contributed by atoms with Gasteiger partial charge in [0.1, 0.15) is 0 Å². The molecule has 0 aromatic rings. The van der Waals surface area contributed by atoms with Gasteiger partial charge in [-0.15, -0.1) is 0 Å². The Hall–Kier alpha value is -3.44. The van der Waals surface area contributed by atoms with Crippen LogP contribution in [0, 0.1) is 53.3 Å². The second kappa shape index (κ2) is 12.7. The molecular formula is C38H50N4O8. The molecule has 12 nitrogen and oxygen atoms in total. The molecule has 4 aliphatic carbocycles. The number of hydrogen-bond acceptors (Lipinski definition) is 8. The molecule has 270 valence electrons. The minimum atomic E-state index is -0.482. The standard InChI is InChI=1S/C38H50N4O8/c1-19-3-5-20(6-4-19)40-33(45)27-15-17-29-30(18-16-28(27)34(40)46)38(50)42(37(29)49)22-9-7-21(8-10-22)41-35(47)25-13-11-23-24(12-14-26(25)36(41)48)32(44)39(2)31(23)43/h19-30H,3-18H2,1-2H3. The van der Waals surface area contributed by atoms with Gasteiger partial charge in [0.2, 0.25) is 47.3 Å². The number of fused-ring (bicyclic) bond motifs is 4. The largest absolute Gasteiger partial charge is 0.285 e. The number of imide groups is 4. The normalized spacial score (nSPS) is 42.7. The number of rotatable bonds is 3. The van der Waals surface area contributed by atoms with Crippen molar-refractivity contribution in [2.75, 3.05) is 7.05 Å². The van der Waals surface area contributed by atoms with Gasteiger partial charge in [-0.1, -0.05) is 6.92 Å². The second-order valence-corrected chi connectivity index (χ2v) is 16.9. The van der Waals surface area contributed by atoms with Crippen LogP contribution < -0.4 is 0 Å². The van der Waals surface area contributed by atoms with E-state index < -0.39 is 47.3 Å². The summed E-state index contributed by atoms with van der Waals surface area (Å²) in [5, 5.41) is 0. The zero-order valence-electron chi connectivity index (χ0n) is 29.3. The van der Waals surface area contributed by atoms with Crippen LogP contribution in [0.3, 0.4) is 0 Å². The van der Waals surface area contributed by atoms with Gasteiger partial charge >= 0.3 is 0 Å². The first-order valence-electron chi connectivity index (χ1n) is 19.4. The Morgan fingerprint density at radius 3 is 0.760 bits per heavy atom. The Morgan fingerprint density at radius 2 is 0.520 bits per heavy atom. The van der Waals surface area contributed by atoms with Crippen molar-refractivity contribution in [1.29, 1.82) is 0 Å². The molecule has 8 unspecified atom stereocenters. The number of carbonyl (C=O) groups is 8. The summed E-state index contributed by atoms with van der Waals surface area (Å²) in [4.78, 5) is 113. The average Bonchev–Trinajstić information content (AvgIpc) is 3.62. The fourth-order valence-corrected chi connectivity index (χ4v) is 11.6. The summed E-state index contributed by atoms with van der Waals surface area (Å²) in [5.41, 5.74) is 0. The fraction of sp³-hybridized carbons (Fsp3) is 0.789. The summed E-state index contributed by atoms with van der Waals surface area (Å²) in [6.07, 6.45) is 9.13. The predicted molar refractivity (Wildman–Crippen MR) is 176 cm³/mol. The fourth-order valence-electron chi connectivity index (χ4n) is 11.6. The Kier molecular flexibility index (Phi) is 8.52. The molecule has 12 heteroatoms. The molecule has 50 heavy (non-hydrogen) atoms. The molecule has 8 fully saturated rings. The van der Waals surface area contributed by atoms with Crippen LogP contribution in [0.15, 0.2) is 0 Å². The zero-order chi connectivity index (χ0) is 35.2. The molecule has 8 amide bonds. The van der Waals surface area contributed by atoms with Gasteiger partial charge in [-0.05, 0) is 109 Å². The van der Waals surface area contributed by atoms with Crippen molar-refractivity contribution in [3.8, 4) is 0 Å². The third kappa shape index (κ3) is 5.12. The van der Waals surface area contributed by atoms with E-state index in [0.717, 1.165) is 25.7 Å². The van der Waals surface area contributed by atoms with Crippen molar-refractivity contribution in [2.24, 2.45) is 53.3 Å². The van der Waals surface area contributed by atoms with Crippen molar-refractivity contribution in [3.05, 3.63) is 0 Å². The molecule has 4 aliphatic heterocycles. The van der Waals surface area contributed by atoms with Crippen molar-refractivity contribution in [3.63, 3.8) is 0 Å². The molecule has 4 heterocycles. The van der Waals surface area contributed by atoms with E-state index in [1.54, 1.807) is 4.90 Å². The van der Waals surface area contributed by atoms with E-state index in [-0.39, 0.29) is 65.4 Å². The van der Waals surface area contributed by atoms with Crippen LogP contribution in [0.2, 0.25) is 0 Å². The van der Waals surface area contributed by atoms with Crippen LogP contribution in [-0.4, -0.2) is 92.0 Å². The maximum atomic E-state index is 13.9. The Bertz CT molecular complexity index is 1440. The molecular weight excluding hydrogens is 640 g/mol. The lowest BCUT2D eigenvalue weighted by Crippen LogP contribution is -2.48. The molecule has 0 bridgehead atoms. The first kappa shape index (κ1) is 33.7. The van der Waals surface area contributed by atoms with Crippen LogP contribution in [0.1, 0.15) is 110 Å². The monoisotopic (exact) mass is 690 g/mol. The van der Waals surface area contributed by atoms with E-state index in [9.17, 15) is 38.4 Å². The number of carbonyl (C=O) groups excluding carboxylic acids is 8. The smallest absolute Gasteiger partial charge is 0.233 e. The van der Waals surface area contributed by atoms with Crippen LogP contribution >= 0.6 is 0 Å². The third-order valence-electron chi connectivity index (χ3n) is 14.5. The first-order chi connectivity index (χ1) is 24.0. The lowest BCUT2D eigenvalue weighted by atomic mass is 9.76. The van der Waals surface area contributed by atoms with Gasteiger partial charge < -0.3 is 0 Å². The van der Waals surface area contributed by atoms with E-state index in [1.165, 1.54) is 21.7 Å². The molecule has 0 spiro atoms. The first-order valence-corrected chi connectivity index (χ1v) is 19.4. The zero-order valence-corrected chi connectivity index (χ0v) is 29.3. The van der Waals surface area contributed by atoms with E-state index >= 15 is 0 Å². The summed E-state index contributed by atoms with van der Waals surface area (Å²) >= 11 is 0. The molecule has 0 aromatic carbocycles. The van der Waals surface area contributed by atoms with E-state index in [4.69, 9.17) is 0 Å². The highest BCUT2D eigenvalue weighted by Crippen LogP contribution is 2.48. The van der Waals surface area contributed by atoms with Gasteiger partial charge in [0.25, 0.3) is 0 Å². The summed E-state index contributed by atoms with van der Waals surface area (Å²) in [7, 11) is 1.50. The summed E-state index contributed by atoms with van der Waals surface area (Å²) < 4.78 is 0. The van der Waals surface area contributed by atoms with Crippen LogP contribution in [0.4, 0.5) is 0 Å². The second-order valence-electron chi connectivity index (χ2n) is 16.9. The maximum Gasteiger partial charge on any atom is 0.233 e. The number of likely N-dealkylation sites (tertiary alicyclic amines) is 4. The van der Waals surface area contributed by atoms with Crippen molar-refractivity contribution in [2.45, 2.75) is 128 Å². The minimum Gasteiger partial charge on any atom is -0.285 e. The molecule has 0 N–H and O–H groups in total. The van der Waals surface area contributed by atoms with Crippen molar-refractivity contribution >= 4 is 47.3 Å². The Balaban J connectivity index is 0.896. The predicted octanol–water partition coefficient (Wildman–Crippen LogP) is 3.06. The summed E-state index contributed by atoms with van der Waals surface area (Å²) in [5.74, 6) is -4.27. The maximum absolute atomic E-state index is 13.9. The van der Waals surface area contributed by atoms with Crippen LogP contribution in [0.5, 0.6) is 0 Å². The molecule has 0 radical (unpaired) electrons. The summed E-state index contributed by atoms with van der Waals surface area (Å²) in [6, 6.07) is -0.640. The number of amides is 8. The lowest BCUT2D eigenvalue weighted by Gasteiger charge is -2.37. The highest BCUT2D eigenvalue weighted by molar-refractivity contribution is 6.08. The Labute approximate surface area is 293 Å². The quantitative estimate of drug-likeness (QED) is 0.411. The lowest BCUT2D eigenvalue weighted by molar-refractivity contribution is -0.148. The van der Waals surface area contributed by atoms with Gasteiger partial charge in [0, 0.05) is 25.2 Å². The Morgan fingerprint density at radius 1 is 0.320 bits per heavy atom. The van der Waals surface area contributed by atoms with Gasteiger partial charge in [-0.3, -0.25) is 58.0 Å². The molecule has 8 rings (SSSR count). The van der Waals surface area contributed by atoms with E-state index in [1.807, 2.05) is 0 Å². The number of nitrogens with zero attached hydrogens (tertiary/aromatic N) is 4. The SMILES string of the molecule is CC1CCC(N2C(=O)C3CCC4C(=O)N(C5CCC(N6C(=O)C7CCC8C(=O)N(C)C(=O)C8CCC7C6=O)CC5)C(=O)C4CCC3C2=O)CC1. The van der Waals surface area contributed by atoms with Gasteiger partial charge in [-0.2, -0.15) is 0 Å². The van der Waals surface area contributed by atoms with Crippen LogP contribution in [0.25, 0.3) is 0 Å². The molecule has 4 saturated heterocycles. The summed E-state index contributed by atoms with van der Waals surface area (Å²) in [6.45, 7) is 2.21. The van der Waals surface area contributed by atoms with E-state index in [0.29, 0.717) is 83.0 Å².